The quantitative estimate of drug-likeness (QED) is 0.536. The van der Waals surface area contributed by atoms with Crippen LogP contribution in [0.3, 0.4) is 0 Å². The predicted molar refractivity (Wildman–Crippen MR) is 83.9 cm³/mol. The zero-order valence-electron chi connectivity index (χ0n) is 11.9. The van der Waals surface area contributed by atoms with Crippen LogP contribution in [0.4, 0.5) is 5.69 Å². The molecule has 0 bridgehead atoms. The van der Waals surface area contributed by atoms with Crippen LogP contribution in [-0.2, 0) is 6.54 Å². The highest BCUT2D eigenvalue weighted by atomic mass is 16.6. The van der Waals surface area contributed by atoms with Crippen molar-refractivity contribution < 1.29 is 9.34 Å². The van der Waals surface area contributed by atoms with Crippen LogP contribution in [0.15, 0.2) is 45.8 Å². The van der Waals surface area contributed by atoms with Crippen molar-refractivity contribution >= 4 is 28.2 Å². The van der Waals surface area contributed by atoms with Gasteiger partial charge in [-0.15, -0.1) is 0 Å². The van der Waals surface area contributed by atoms with Gasteiger partial charge in [0.2, 0.25) is 0 Å². The molecule has 0 amide bonds. The van der Waals surface area contributed by atoms with Gasteiger partial charge in [-0.3, -0.25) is 19.5 Å². The normalized spacial score (nSPS) is 15.2. The zero-order valence-corrected chi connectivity index (χ0v) is 11.9. The van der Waals surface area contributed by atoms with Crippen LogP contribution < -0.4 is 5.56 Å². The molecule has 0 aliphatic carbocycles. The molecule has 0 unspecified atom stereocenters. The summed E-state index contributed by atoms with van der Waals surface area (Å²) in [6, 6.07) is 7.78. The van der Waals surface area contributed by atoms with Crippen molar-refractivity contribution in [1.82, 2.24) is 9.55 Å². The molecule has 7 nitrogen and oxygen atoms in total. The lowest BCUT2D eigenvalue weighted by molar-refractivity contribution is -0.384. The third kappa shape index (κ3) is 2.13. The lowest BCUT2D eigenvalue weighted by atomic mass is 10.1. The Morgan fingerprint density at radius 3 is 2.96 bits per heavy atom. The first-order valence-corrected chi connectivity index (χ1v) is 7.07. The van der Waals surface area contributed by atoms with Crippen LogP contribution in [0.2, 0.25) is 0 Å². The van der Waals surface area contributed by atoms with Gasteiger partial charge >= 0.3 is 0 Å². The topological polar surface area (TPSA) is 91.2 Å². The standard InChI is InChI=1S/C16H11N3O4/c20-16-13-9-11(19(21)22)3-4-14(13)17-15-10(5-6-18(15)16)8-12-2-1-7-23-12/h1-4,7-9H,5-6H2/b10-8+. The van der Waals surface area contributed by atoms with E-state index < -0.39 is 4.92 Å². The minimum absolute atomic E-state index is 0.110. The van der Waals surface area contributed by atoms with Crippen LogP contribution in [0, 0.1) is 10.1 Å². The molecule has 0 radical (unpaired) electrons. The highest BCUT2D eigenvalue weighted by molar-refractivity contribution is 5.85. The first kappa shape index (κ1) is 13.4. The van der Waals surface area contributed by atoms with Gasteiger partial charge in [-0.1, -0.05) is 0 Å². The van der Waals surface area contributed by atoms with E-state index in [2.05, 4.69) is 4.98 Å². The smallest absolute Gasteiger partial charge is 0.270 e. The molecule has 1 aliphatic rings. The Kier molecular flexibility index (Phi) is 2.87. The summed E-state index contributed by atoms with van der Waals surface area (Å²) in [5, 5.41) is 11.1. The summed E-state index contributed by atoms with van der Waals surface area (Å²) in [4.78, 5) is 27.5. The Balaban J connectivity index is 1.92. The van der Waals surface area contributed by atoms with Crippen LogP contribution >= 0.6 is 0 Å². The van der Waals surface area contributed by atoms with Gasteiger partial charge in [0.25, 0.3) is 11.2 Å². The van der Waals surface area contributed by atoms with Crippen LogP contribution in [0.1, 0.15) is 18.0 Å². The third-order valence-electron chi connectivity index (χ3n) is 3.90. The highest BCUT2D eigenvalue weighted by Gasteiger charge is 2.22. The Morgan fingerprint density at radius 2 is 2.22 bits per heavy atom. The maximum Gasteiger partial charge on any atom is 0.270 e. The Morgan fingerprint density at radius 1 is 1.35 bits per heavy atom. The number of benzene rings is 1. The van der Waals surface area contributed by atoms with E-state index in [0.29, 0.717) is 30.1 Å². The number of nitro benzene ring substituents is 1. The molecular weight excluding hydrogens is 298 g/mol. The molecule has 114 valence electrons. The molecule has 0 saturated heterocycles. The number of hydrogen-bond donors (Lipinski definition) is 0. The molecule has 0 fully saturated rings. The van der Waals surface area contributed by atoms with Crippen molar-refractivity contribution in [2.45, 2.75) is 13.0 Å². The number of hydrogen-bond acceptors (Lipinski definition) is 5. The molecular formula is C16H11N3O4. The Hall–Kier alpha value is -3.22. The minimum atomic E-state index is -0.515. The lowest BCUT2D eigenvalue weighted by Gasteiger charge is -2.05. The first-order valence-electron chi connectivity index (χ1n) is 7.07. The van der Waals surface area contributed by atoms with Gasteiger partial charge in [0.1, 0.15) is 11.6 Å². The van der Waals surface area contributed by atoms with E-state index in [9.17, 15) is 14.9 Å². The first-order chi connectivity index (χ1) is 11.1. The maximum absolute atomic E-state index is 12.6. The molecule has 0 N–H and O–H groups in total. The molecule has 1 aliphatic heterocycles. The van der Waals surface area contributed by atoms with Crippen molar-refractivity contribution in [3.8, 4) is 0 Å². The summed E-state index contributed by atoms with van der Waals surface area (Å²) in [5.41, 5.74) is 1.01. The number of non-ortho nitro benzene ring substituents is 1. The van der Waals surface area contributed by atoms with Gasteiger partial charge < -0.3 is 4.42 Å². The second-order valence-corrected chi connectivity index (χ2v) is 5.29. The summed E-state index contributed by atoms with van der Waals surface area (Å²) >= 11 is 0. The molecule has 1 aromatic carbocycles. The fraction of sp³-hybridized carbons (Fsp3) is 0.125. The average molecular weight is 309 g/mol. The van der Waals surface area contributed by atoms with E-state index in [1.54, 1.807) is 16.9 Å². The average Bonchev–Trinajstić information content (AvgIpc) is 3.18. The van der Waals surface area contributed by atoms with E-state index in [1.807, 2.05) is 12.1 Å². The zero-order chi connectivity index (χ0) is 16.0. The summed E-state index contributed by atoms with van der Waals surface area (Å²) in [5.74, 6) is 1.29. The summed E-state index contributed by atoms with van der Waals surface area (Å²) in [6.07, 6.45) is 4.12. The summed E-state index contributed by atoms with van der Waals surface area (Å²) < 4.78 is 6.86. The van der Waals surface area contributed by atoms with Crippen molar-refractivity contribution in [2.75, 3.05) is 0 Å². The predicted octanol–water partition coefficient (Wildman–Crippen LogP) is 2.84. The summed E-state index contributed by atoms with van der Waals surface area (Å²) in [7, 11) is 0. The highest BCUT2D eigenvalue weighted by Crippen LogP contribution is 2.28. The Labute approximate surface area is 129 Å². The number of aromatic nitrogens is 2. The molecule has 2 aromatic heterocycles. The molecule has 23 heavy (non-hydrogen) atoms. The number of rotatable bonds is 2. The lowest BCUT2D eigenvalue weighted by Crippen LogP contribution is -2.20. The van der Waals surface area contributed by atoms with E-state index in [1.165, 1.54) is 18.2 Å². The molecule has 3 aromatic rings. The molecule has 4 rings (SSSR count). The third-order valence-corrected chi connectivity index (χ3v) is 3.90. The molecule has 0 saturated carbocycles. The van der Waals surface area contributed by atoms with Crippen molar-refractivity contribution in [1.29, 1.82) is 0 Å². The van der Waals surface area contributed by atoms with Gasteiger partial charge in [-0.05, 0) is 30.7 Å². The van der Waals surface area contributed by atoms with E-state index >= 15 is 0 Å². The SMILES string of the molecule is O=c1c2cc([N+](=O)[O-])ccc2nc2n1CC/C2=C\c1ccco1. The van der Waals surface area contributed by atoms with Gasteiger partial charge in [0.15, 0.2) is 0 Å². The van der Waals surface area contributed by atoms with E-state index in [-0.39, 0.29) is 16.6 Å². The van der Waals surface area contributed by atoms with Crippen LogP contribution in [0.25, 0.3) is 22.6 Å². The fourth-order valence-electron chi connectivity index (χ4n) is 2.80. The largest absolute Gasteiger partial charge is 0.465 e. The number of allylic oxidation sites excluding steroid dienone is 1. The van der Waals surface area contributed by atoms with E-state index in [0.717, 1.165) is 5.57 Å². The number of furan rings is 1. The molecule has 3 heterocycles. The molecule has 7 heteroatoms. The number of fused-ring (bicyclic) bond motifs is 2. The van der Waals surface area contributed by atoms with Gasteiger partial charge in [-0.2, -0.15) is 0 Å². The maximum atomic E-state index is 12.6. The minimum Gasteiger partial charge on any atom is -0.465 e. The van der Waals surface area contributed by atoms with Gasteiger partial charge in [0, 0.05) is 24.3 Å². The van der Waals surface area contributed by atoms with Crippen LogP contribution in [-0.4, -0.2) is 14.5 Å². The van der Waals surface area contributed by atoms with Crippen molar-refractivity contribution in [3.63, 3.8) is 0 Å². The second kappa shape index (κ2) is 4.91. The number of nitrogens with zero attached hydrogens (tertiary/aromatic N) is 3. The van der Waals surface area contributed by atoms with Crippen LogP contribution in [0.5, 0.6) is 0 Å². The summed E-state index contributed by atoms with van der Waals surface area (Å²) in [6.45, 7) is 0.506. The van der Waals surface area contributed by atoms with Crippen molar-refractivity contribution in [2.24, 2.45) is 0 Å². The van der Waals surface area contributed by atoms with E-state index in [4.69, 9.17) is 4.42 Å². The molecule has 0 spiro atoms. The number of nitro groups is 1. The fourth-order valence-corrected chi connectivity index (χ4v) is 2.80. The monoisotopic (exact) mass is 309 g/mol. The van der Waals surface area contributed by atoms with Gasteiger partial charge in [0.05, 0.1) is 22.1 Å². The molecule has 0 atom stereocenters. The Bertz CT molecular complexity index is 1020. The van der Waals surface area contributed by atoms with Gasteiger partial charge in [-0.25, -0.2) is 4.98 Å². The second-order valence-electron chi connectivity index (χ2n) is 5.29. The van der Waals surface area contributed by atoms with Crippen molar-refractivity contribution in [3.05, 3.63) is 68.6 Å².